The van der Waals surface area contributed by atoms with Crippen molar-refractivity contribution >= 4 is 56.3 Å². The minimum atomic E-state index is 0. The highest BCUT2D eigenvalue weighted by atomic mass is 35.5. The van der Waals surface area contributed by atoms with Crippen molar-refractivity contribution in [1.29, 1.82) is 0 Å². The lowest BCUT2D eigenvalue weighted by Crippen LogP contribution is -2.23. The molecule has 0 radical (unpaired) electrons. The first-order valence-electron chi connectivity index (χ1n) is 7.59. The van der Waals surface area contributed by atoms with E-state index in [1.54, 1.807) is 0 Å². The summed E-state index contributed by atoms with van der Waals surface area (Å²) in [5.74, 6) is 0.992. The van der Waals surface area contributed by atoms with Crippen LogP contribution in [0.3, 0.4) is 0 Å². The number of nitrogens with one attached hydrogen (secondary N) is 2. The third kappa shape index (κ3) is 2.70. The SMILES string of the molecule is Cl.Cl.c1ccc2c(c1)sc1ccc(-c3nc4c([nH]3)CNCC4)cc12. The summed E-state index contributed by atoms with van der Waals surface area (Å²) < 4.78 is 2.68. The van der Waals surface area contributed by atoms with Crippen molar-refractivity contribution in [3.8, 4) is 11.4 Å². The van der Waals surface area contributed by atoms with Crippen LogP contribution in [0.1, 0.15) is 11.4 Å². The molecule has 5 rings (SSSR count). The van der Waals surface area contributed by atoms with Crippen LogP contribution in [-0.4, -0.2) is 16.5 Å². The molecule has 3 nitrogen and oxygen atoms in total. The van der Waals surface area contributed by atoms with Gasteiger partial charge in [-0.1, -0.05) is 18.2 Å². The summed E-state index contributed by atoms with van der Waals surface area (Å²) in [6, 6.07) is 15.3. The van der Waals surface area contributed by atoms with Gasteiger partial charge in [0.2, 0.25) is 0 Å². The molecule has 0 saturated carbocycles. The van der Waals surface area contributed by atoms with Crippen molar-refractivity contribution in [3.05, 3.63) is 53.9 Å². The number of thiophene rings is 1. The van der Waals surface area contributed by atoms with Gasteiger partial charge in [0.25, 0.3) is 0 Å². The fourth-order valence-electron chi connectivity index (χ4n) is 3.23. The standard InChI is InChI=1S/C18H15N3S.2ClH/c1-2-4-16-12(3-1)13-9-11(5-6-17(13)22-16)18-20-14-7-8-19-10-15(14)21-18;;/h1-6,9,19H,7-8,10H2,(H,20,21);2*1H. The molecule has 3 heterocycles. The summed E-state index contributed by atoms with van der Waals surface area (Å²) in [4.78, 5) is 8.28. The molecule has 124 valence electrons. The number of halogens is 2. The van der Waals surface area contributed by atoms with Gasteiger partial charge in [0.05, 0.1) is 11.4 Å². The van der Waals surface area contributed by atoms with E-state index in [0.717, 1.165) is 25.3 Å². The lowest BCUT2D eigenvalue weighted by atomic mass is 10.1. The van der Waals surface area contributed by atoms with E-state index in [1.165, 1.54) is 37.1 Å². The molecule has 1 aliphatic rings. The fraction of sp³-hybridized carbons (Fsp3) is 0.167. The predicted molar refractivity (Wildman–Crippen MR) is 107 cm³/mol. The number of fused-ring (bicyclic) bond motifs is 4. The van der Waals surface area contributed by atoms with E-state index in [-0.39, 0.29) is 24.8 Å². The Kier molecular flexibility index (Phi) is 4.83. The molecule has 0 amide bonds. The van der Waals surface area contributed by atoms with Gasteiger partial charge < -0.3 is 10.3 Å². The molecule has 2 aromatic carbocycles. The number of hydrogen-bond acceptors (Lipinski definition) is 3. The van der Waals surface area contributed by atoms with Gasteiger partial charge in [-0.3, -0.25) is 0 Å². The van der Waals surface area contributed by atoms with Crippen LogP contribution in [0.2, 0.25) is 0 Å². The van der Waals surface area contributed by atoms with Gasteiger partial charge in [-0.15, -0.1) is 36.2 Å². The smallest absolute Gasteiger partial charge is 0.137 e. The van der Waals surface area contributed by atoms with Gasteiger partial charge in [0.15, 0.2) is 0 Å². The Balaban J connectivity index is 0.000000845. The zero-order chi connectivity index (χ0) is 14.5. The van der Waals surface area contributed by atoms with Gasteiger partial charge in [-0.25, -0.2) is 4.98 Å². The van der Waals surface area contributed by atoms with Crippen LogP contribution in [0.4, 0.5) is 0 Å². The average molecular weight is 378 g/mol. The van der Waals surface area contributed by atoms with Crippen molar-refractivity contribution in [2.24, 2.45) is 0 Å². The van der Waals surface area contributed by atoms with Gasteiger partial charge in [0.1, 0.15) is 5.82 Å². The van der Waals surface area contributed by atoms with Crippen molar-refractivity contribution in [2.75, 3.05) is 6.54 Å². The molecule has 0 bridgehead atoms. The minimum absolute atomic E-state index is 0. The predicted octanol–water partition coefficient (Wildman–Crippen LogP) is 4.93. The zero-order valence-electron chi connectivity index (χ0n) is 12.8. The molecule has 0 atom stereocenters. The maximum atomic E-state index is 4.80. The normalized spacial score (nSPS) is 13.3. The molecular weight excluding hydrogens is 361 g/mol. The van der Waals surface area contributed by atoms with Crippen LogP contribution in [0, 0.1) is 0 Å². The molecule has 2 N–H and O–H groups in total. The van der Waals surface area contributed by atoms with E-state index in [4.69, 9.17) is 4.98 Å². The molecule has 6 heteroatoms. The van der Waals surface area contributed by atoms with E-state index in [9.17, 15) is 0 Å². The first-order chi connectivity index (χ1) is 10.9. The summed E-state index contributed by atoms with van der Waals surface area (Å²) in [6.07, 6.45) is 1.01. The topological polar surface area (TPSA) is 40.7 Å². The minimum Gasteiger partial charge on any atom is -0.341 e. The Morgan fingerprint density at radius 3 is 2.67 bits per heavy atom. The molecule has 0 aliphatic carbocycles. The number of aromatic nitrogens is 2. The molecule has 1 aliphatic heterocycles. The number of H-pyrrole nitrogens is 1. The fourth-order valence-corrected chi connectivity index (χ4v) is 4.32. The second-order valence-corrected chi connectivity index (χ2v) is 6.83. The molecule has 0 saturated heterocycles. The van der Waals surface area contributed by atoms with E-state index in [0.29, 0.717) is 0 Å². The number of hydrogen-bond donors (Lipinski definition) is 2. The summed E-state index contributed by atoms with van der Waals surface area (Å²) in [6.45, 7) is 1.91. The quantitative estimate of drug-likeness (QED) is 0.493. The number of rotatable bonds is 1. The molecule has 0 fully saturated rings. The zero-order valence-corrected chi connectivity index (χ0v) is 15.3. The van der Waals surface area contributed by atoms with Gasteiger partial charge >= 0.3 is 0 Å². The summed E-state index contributed by atoms with van der Waals surface area (Å²) in [5.41, 5.74) is 3.62. The van der Waals surface area contributed by atoms with Crippen LogP contribution in [0.15, 0.2) is 42.5 Å². The molecule has 24 heavy (non-hydrogen) atoms. The van der Waals surface area contributed by atoms with Crippen molar-refractivity contribution in [1.82, 2.24) is 15.3 Å². The number of benzene rings is 2. The number of aromatic amines is 1. The lowest BCUT2D eigenvalue weighted by Gasteiger charge is -2.09. The highest BCUT2D eigenvalue weighted by Crippen LogP contribution is 2.35. The largest absolute Gasteiger partial charge is 0.341 e. The monoisotopic (exact) mass is 377 g/mol. The van der Waals surface area contributed by atoms with Crippen LogP contribution in [0.5, 0.6) is 0 Å². The van der Waals surface area contributed by atoms with Crippen molar-refractivity contribution < 1.29 is 0 Å². The third-order valence-corrected chi connectivity index (χ3v) is 5.51. The Labute approximate surface area is 156 Å². The van der Waals surface area contributed by atoms with Crippen LogP contribution in [-0.2, 0) is 13.0 Å². The number of imidazole rings is 1. The second kappa shape index (κ2) is 6.73. The van der Waals surface area contributed by atoms with E-state index in [2.05, 4.69) is 52.8 Å². The Bertz CT molecular complexity index is 983. The maximum absolute atomic E-state index is 4.80. The summed E-state index contributed by atoms with van der Waals surface area (Å²) >= 11 is 1.85. The van der Waals surface area contributed by atoms with Crippen LogP contribution in [0.25, 0.3) is 31.6 Å². The van der Waals surface area contributed by atoms with E-state index in [1.807, 2.05) is 11.3 Å². The van der Waals surface area contributed by atoms with Crippen molar-refractivity contribution in [3.63, 3.8) is 0 Å². The average Bonchev–Trinajstić information content (AvgIpc) is 3.15. The van der Waals surface area contributed by atoms with Crippen LogP contribution >= 0.6 is 36.2 Å². The maximum Gasteiger partial charge on any atom is 0.137 e. The Hall–Kier alpha value is -1.59. The van der Waals surface area contributed by atoms with Gasteiger partial charge in [0, 0.05) is 45.2 Å². The number of nitrogens with zero attached hydrogens (tertiary/aromatic N) is 1. The molecule has 0 spiro atoms. The second-order valence-electron chi connectivity index (χ2n) is 5.75. The first kappa shape index (κ1) is 17.2. The Morgan fingerprint density at radius 1 is 0.958 bits per heavy atom. The molecule has 4 aromatic rings. The molecule has 2 aromatic heterocycles. The first-order valence-corrected chi connectivity index (χ1v) is 8.40. The van der Waals surface area contributed by atoms with Gasteiger partial charge in [-0.2, -0.15) is 0 Å². The van der Waals surface area contributed by atoms with Gasteiger partial charge in [-0.05, 0) is 24.3 Å². The Morgan fingerprint density at radius 2 is 1.79 bits per heavy atom. The van der Waals surface area contributed by atoms with Crippen LogP contribution < -0.4 is 5.32 Å². The van der Waals surface area contributed by atoms with Crippen molar-refractivity contribution in [2.45, 2.75) is 13.0 Å². The molecular formula is C18H17Cl2N3S. The lowest BCUT2D eigenvalue weighted by molar-refractivity contribution is 0.627. The third-order valence-electron chi connectivity index (χ3n) is 4.35. The highest BCUT2D eigenvalue weighted by Gasteiger charge is 2.15. The summed E-state index contributed by atoms with van der Waals surface area (Å²) in [5, 5.41) is 6.05. The van der Waals surface area contributed by atoms with E-state index >= 15 is 0 Å². The van der Waals surface area contributed by atoms with E-state index < -0.39 is 0 Å². The highest BCUT2D eigenvalue weighted by molar-refractivity contribution is 7.25. The molecule has 0 unspecified atom stereocenters. The summed E-state index contributed by atoms with van der Waals surface area (Å²) in [7, 11) is 0.